The molecule has 0 radical (unpaired) electrons. The Balaban J connectivity index is 1.87. The molecule has 0 amide bonds. The molecule has 3 atom stereocenters. The molecule has 0 aromatic heterocycles. The van der Waals surface area contributed by atoms with Crippen LogP contribution in [0.25, 0.3) is 0 Å². The monoisotopic (exact) mass is 289 g/mol. The van der Waals surface area contributed by atoms with Crippen molar-refractivity contribution in [2.45, 2.75) is 28.7 Å². The third-order valence-corrected chi connectivity index (χ3v) is 4.96. The van der Waals surface area contributed by atoms with Crippen molar-refractivity contribution in [3.05, 3.63) is 0 Å². The fraction of sp³-hybridized carbons (Fsp3) is 1.00. The Hall–Kier alpha value is 0.580. The van der Waals surface area contributed by atoms with Crippen LogP contribution in [0.4, 0.5) is 13.2 Å². The van der Waals surface area contributed by atoms with E-state index < -0.39 is 11.0 Å². The van der Waals surface area contributed by atoms with Gasteiger partial charge in [0.15, 0.2) is 0 Å². The molecule has 2 bridgehead atoms. The van der Waals surface area contributed by atoms with Crippen LogP contribution >= 0.6 is 27.7 Å². The molecule has 2 heterocycles. The number of fused-ring (bicyclic) bond motifs is 2. The van der Waals surface area contributed by atoms with Crippen LogP contribution < -0.4 is 0 Å². The normalized spacial score (nSPS) is 35.1. The van der Waals surface area contributed by atoms with Gasteiger partial charge in [0.05, 0.1) is 0 Å². The average Bonchev–Trinajstić information content (AvgIpc) is 2.62. The zero-order valence-corrected chi connectivity index (χ0v) is 9.83. The zero-order valence-electron chi connectivity index (χ0n) is 7.43. The van der Waals surface area contributed by atoms with Crippen molar-refractivity contribution in [2.24, 2.45) is 0 Å². The van der Waals surface area contributed by atoms with E-state index in [0.29, 0.717) is 11.3 Å². The van der Waals surface area contributed by atoms with Gasteiger partial charge in [0.2, 0.25) is 0 Å². The van der Waals surface area contributed by atoms with E-state index in [1.165, 1.54) is 0 Å². The number of thioether (sulfide) groups is 1. The van der Waals surface area contributed by atoms with Crippen LogP contribution in [-0.4, -0.2) is 46.0 Å². The first-order valence-electron chi connectivity index (χ1n) is 4.53. The van der Waals surface area contributed by atoms with E-state index >= 15 is 0 Å². The minimum absolute atomic E-state index is 0.102. The molecule has 82 valence electrons. The highest BCUT2D eigenvalue weighted by molar-refractivity contribution is 9.09. The summed E-state index contributed by atoms with van der Waals surface area (Å²) in [7, 11) is 0. The highest BCUT2D eigenvalue weighted by atomic mass is 79.9. The number of nitrogens with zero attached hydrogens (tertiary/aromatic N) is 1. The lowest BCUT2D eigenvalue weighted by molar-refractivity contribution is -0.130. The van der Waals surface area contributed by atoms with E-state index in [4.69, 9.17) is 0 Å². The number of likely N-dealkylation sites (tertiary alicyclic amines) is 1. The largest absolute Gasteiger partial charge is 0.402 e. The van der Waals surface area contributed by atoms with E-state index in [1.54, 1.807) is 0 Å². The Morgan fingerprint density at radius 3 is 2.64 bits per heavy atom. The predicted molar refractivity (Wildman–Crippen MR) is 55.0 cm³/mol. The van der Waals surface area contributed by atoms with Gasteiger partial charge in [-0.05, 0) is 6.42 Å². The Bertz CT molecular complexity index is 223. The van der Waals surface area contributed by atoms with Crippen molar-refractivity contribution in [1.29, 1.82) is 0 Å². The molecule has 2 aliphatic rings. The summed E-state index contributed by atoms with van der Waals surface area (Å²) in [6.45, 7) is 0.929. The zero-order chi connectivity index (χ0) is 10.3. The maximum Gasteiger partial charge on any atom is 0.402 e. The summed E-state index contributed by atoms with van der Waals surface area (Å²) >= 11 is 4.60. The van der Waals surface area contributed by atoms with Crippen molar-refractivity contribution >= 4 is 27.7 Å². The number of halogens is 4. The molecule has 2 aliphatic heterocycles. The third-order valence-electron chi connectivity index (χ3n) is 2.76. The predicted octanol–water partition coefficient (Wildman–Crippen LogP) is 2.50. The second kappa shape index (κ2) is 3.87. The SMILES string of the molecule is FC(F)(F)C(Br)CN1CC2CC1CS2. The summed E-state index contributed by atoms with van der Waals surface area (Å²) < 4.78 is 36.8. The van der Waals surface area contributed by atoms with Gasteiger partial charge in [-0.1, -0.05) is 15.9 Å². The molecule has 0 aliphatic carbocycles. The Labute approximate surface area is 93.5 Å². The number of hydrogen-bond donors (Lipinski definition) is 0. The van der Waals surface area contributed by atoms with Gasteiger partial charge in [0, 0.05) is 30.1 Å². The Morgan fingerprint density at radius 2 is 2.21 bits per heavy atom. The molecule has 0 aromatic carbocycles. The van der Waals surface area contributed by atoms with Crippen LogP contribution in [0.1, 0.15) is 6.42 Å². The van der Waals surface area contributed by atoms with E-state index in [-0.39, 0.29) is 6.54 Å². The van der Waals surface area contributed by atoms with Gasteiger partial charge >= 0.3 is 6.18 Å². The molecular weight excluding hydrogens is 279 g/mol. The molecule has 3 unspecified atom stereocenters. The van der Waals surface area contributed by atoms with Crippen molar-refractivity contribution in [1.82, 2.24) is 4.90 Å². The quantitative estimate of drug-likeness (QED) is 0.719. The molecule has 0 aromatic rings. The van der Waals surface area contributed by atoms with Crippen LogP contribution in [0.5, 0.6) is 0 Å². The minimum atomic E-state index is -4.12. The molecule has 0 saturated carbocycles. The molecule has 2 fully saturated rings. The highest BCUT2D eigenvalue weighted by Gasteiger charge is 2.44. The topological polar surface area (TPSA) is 3.24 Å². The first-order valence-corrected chi connectivity index (χ1v) is 6.49. The van der Waals surface area contributed by atoms with Crippen molar-refractivity contribution in [2.75, 3.05) is 18.8 Å². The van der Waals surface area contributed by atoms with Gasteiger partial charge in [0.1, 0.15) is 4.83 Å². The van der Waals surface area contributed by atoms with Crippen molar-refractivity contribution < 1.29 is 13.2 Å². The van der Waals surface area contributed by atoms with E-state index in [1.807, 2.05) is 16.7 Å². The molecule has 6 heteroatoms. The van der Waals surface area contributed by atoms with E-state index in [9.17, 15) is 13.2 Å². The Morgan fingerprint density at radius 1 is 1.50 bits per heavy atom. The van der Waals surface area contributed by atoms with Gasteiger partial charge in [-0.15, -0.1) is 0 Å². The van der Waals surface area contributed by atoms with Crippen LogP contribution in [0.15, 0.2) is 0 Å². The fourth-order valence-corrected chi connectivity index (χ4v) is 3.88. The van der Waals surface area contributed by atoms with E-state index in [0.717, 1.165) is 18.7 Å². The second-order valence-corrected chi connectivity index (χ2v) is 6.25. The molecular formula is C8H11BrF3NS. The first-order chi connectivity index (χ1) is 6.47. The van der Waals surface area contributed by atoms with Crippen LogP contribution in [0.3, 0.4) is 0 Å². The lowest BCUT2D eigenvalue weighted by atomic mass is 10.2. The molecule has 0 N–H and O–H groups in total. The smallest absolute Gasteiger partial charge is 0.297 e. The fourth-order valence-electron chi connectivity index (χ4n) is 2.01. The number of rotatable bonds is 2. The molecule has 1 nitrogen and oxygen atoms in total. The lowest BCUT2D eigenvalue weighted by Crippen LogP contribution is -2.42. The third kappa shape index (κ3) is 2.22. The van der Waals surface area contributed by atoms with Gasteiger partial charge in [0.25, 0.3) is 0 Å². The van der Waals surface area contributed by atoms with Crippen molar-refractivity contribution in [3.8, 4) is 0 Å². The minimum Gasteiger partial charge on any atom is -0.297 e. The van der Waals surface area contributed by atoms with Gasteiger partial charge in [-0.25, -0.2) is 0 Å². The van der Waals surface area contributed by atoms with Gasteiger partial charge < -0.3 is 0 Å². The number of alkyl halides is 4. The summed E-state index contributed by atoms with van der Waals surface area (Å²) in [5, 5.41) is 0.577. The molecule has 2 saturated heterocycles. The van der Waals surface area contributed by atoms with E-state index in [2.05, 4.69) is 15.9 Å². The lowest BCUT2D eigenvalue weighted by Gasteiger charge is -2.29. The Kier molecular flexibility index (Phi) is 3.06. The molecule has 2 rings (SSSR count). The maximum atomic E-state index is 12.3. The average molecular weight is 290 g/mol. The van der Waals surface area contributed by atoms with Crippen LogP contribution in [-0.2, 0) is 0 Å². The van der Waals surface area contributed by atoms with Crippen LogP contribution in [0.2, 0.25) is 0 Å². The molecule has 0 spiro atoms. The van der Waals surface area contributed by atoms with Gasteiger partial charge in [-0.2, -0.15) is 24.9 Å². The summed E-state index contributed by atoms with van der Waals surface area (Å²) in [6.07, 6.45) is -3.04. The summed E-state index contributed by atoms with van der Waals surface area (Å²) in [6, 6.07) is 0.382. The summed E-state index contributed by atoms with van der Waals surface area (Å²) in [5.41, 5.74) is 0. The van der Waals surface area contributed by atoms with Crippen molar-refractivity contribution in [3.63, 3.8) is 0 Å². The van der Waals surface area contributed by atoms with Crippen LogP contribution in [0, 0.1) is 0 Å². The second-order valence-electron chi connectivity index (χ2n) is 3.81. The summed E-state index contributed by atoms with van der Waals surface area (Å²) in [5.74, 6) is 1.00. The van der Waals surface area contributed by atoms with Gasteiger partial charge in [-0.3, -0.25) is 4.90 Å². The first kappa shape index (κ1) is 11.1. The maximum absolute atomic E-state index is 12.3. The molecule has 14 heavy (non-hydrogen) atoms. The number of hydrogen-bond acceptors (Lipinski definition) is 2. The highest BCUT2D eigenvalue weighted by Crippen LogP contribution is 2.39. The summed E-state index contributed by atoms with van der Waals surface area (Å²) in [4.78, 5) is 0.591. The standard InChI is InChI=1S/C8H11BrF3NS/c9-7(8(10,11)12)3-13-2-6-1-5(13)4-14-6/h5-7H,1-4H2.